The Kier molecular flexibility index (Phi) is 3.36. The molecule has 0 spiro atoms. The molecular formula is C10H15N5O2. The van der Waals surface area contributed by atoms with E-state index in [4.69, 9.17) is 0 Å². The molecular weight excluding hydrogens is 222 g/mol. The number of aromatic amines is 1. The number of aromatic nitrogens is 3. The van der Waals surface area contributed by atoms with Crippen LogP contribution in [0.5, 0.6) is 0 Å². The van der Waals surface area contributed by atoms with Crippen LogP contribution in [0.4, 0.5) is 0 Å². The maximum Gasteiger partial charge on any atom is 0.291 e. The Balaban J connectivity index is 1.99. The van der Waals surface area contributed by atoms with Crippen molar-refractivity contribution in [3.63, 3.8) is 0 Å². The van der Waals surface area contributed by atoms with Crippen LogP contribution in [0.1, 0.15) is 24.0 Å². The number of hydrogen-bond donors (Lipinski definition) is 1. The normalized spacial score (nSPS) is 16.8. The fraction of sp³-hybridized carbons (Fsp3) is 0.600. The van der Waals surface area contributed by atoms with Gasteiger partial charge < -0.3 is 9.80 Å². The van der Waals surface area contributed by atoms with Crippen LogP contribution < -0.4 is 0 Å². The molecule has 1 aromatic rings. The molecule has 7 heteroatoms. The van der Waals surface area contributed by atoms with Gasteiger partial charge in [0.15, 0.2) is 0 Å². The summed E-state index contributed by atoms with van der Waals surface area (Å²) in [6.07, 6.45) is 2.10. The molecule has 0 atom stereocenters. The van der Waals surface area contributed by atoms with Crippen molar-refractivity contribution in [3.05, 3.63) is 12.2 Å². The first-order valence-corrected chi connectivity index (χ1v) is 5.58. The molecule has 17 heavy (non-hydrogen) atoms. The zero-order valence-corrected chi connectivity index (χ0v) is 9.72. The monoisotopic (exact) mass is 237 g/mol. The molecule has 0 bridgehead atoms. The van der Waals surface area contributed by atoms with E-state index in [1.807, 2.05) is 0 Å². The van der Waals surface area contributed by atoms with E-state index in [2.05, 4.69) is 15.2 Å². The fourth-order valence-corrected chi connectivity index (χ4v) is 1.89. The first-order valence-electron chi connectivity index (χ1n) is 5.58. The van der Waals surface area contributed by atoms with Crippen LogP contribution in [-0.2, 0) is 4.79 Å². The van der Waals surface area contributed by atoms with Crippen LogP contribution in [0, 0.1) is 0 Å². The van der Waals surface area contributed by atoms with E-state index in [0.29, 0.717) is 26.2 Å². The Labute approximate surface area is 98.8 Å². The van der Waals surface area contributed by atoms with Gasteiger partial charge in [0.2, 0.25) is 11.7 Å². The molecule has 1 aliphatic rings. The summed E-state index contributed by atoms with van der Waals surface area (Å²) < 4.78 is 0. The molecule has 1 saturated heterocycles. The molecule has 1 aliphatic heterocycles. The zero-order valence-electron chi connectivity index (χ0n) is 9.72. The molecule has 0 aromatic carbocycles. The van der Waals surface area contributed by atoms with E-state index in [1.165, 1.54) is 6.33 Å². The summed E-state index contributed by atoms with van der Waals surface area (Å²) in [6.45, 7) is 4.01. The van der Waals surface area contributed by atoms with Crippen LogP contribution in [-0.4, -0.2) is 63.0 Å². The third kappa shape index (κ3) is 2.61. The molecule has 0 aliphatic carbocycles. The van der Waals surface area contributed by atoms with Crippen LogP contribution in [0.2, 0.25) is 0 Å². The predicted molar refractivity (Wildman–Crippen MR) is 59.2 cm³/mol. The molecule has 2 heterocycles. The first-order chi connectivity index (χ1) is 8.18. The summed E-state index contributed by atoms with van der Waals surface area (Å²) in [7, 11) is 0. The van der Waals surface area contributed by atoms with Gasteiger partial charge in [0.25, 0.3) is 5.91 Å². The molecule has 0 saturated carbocycles. The Morgan fingerprint density at radius 1 is 1.24 bits per heavy atom. The SMILES string of the molecule is CC(=O)N1CCCN(C(=O)c2ncn[nH]2)CC1. The number of nitrogens with zero attached hydrogens (tertiary/aromatic N) is 4. The number of nitrogens with one attached hydrogen (secondary N) is 1. The first kappa shape index (κ1) is 11.6. The summed E-state index contributed by atoms with van der Waals surface area (Å²) >= 11 is 0. The highest BCUT2D eigenvalue weighted by Crippen LogP contribution is 2.06. The summed E-state index contributed by atoms with van der Waals surface area (Å²) in [4.78, 5) is 30.5. The van der Waals surface area contributed by atoms with Gasteiger partial charge in [-0.05, 0) is 6.42 Å². The van der Waals surface area contributed by atoms with Crippen molar-refractivity contribution in [2.45, 2.75) is 13.3 Å². The lowest BCUT2D eigenvalue weighted by molar-refractivity contribution is -0.128. The number of hydrogen-bond acceptors (Lipinski definition) is 4. The number of H-pyrrole nitrogens is 1. The highest BCUT2D eigenvalue weighted by molar-refractivity contribution is 5.90. The molecule has 1 N–H and O–H groups in total. The molecule has 2 amide bonds. The van der Waals surface area contributed by atoms with E-state index in [9.17, 15) is 9.59 Å². The third-order valence-electron chi connectivity index (χ3n) is 2.85. The standard InChI is InChI=1S/C10H15N5O2/c1-8(16)14-3-2-4-15(6-5-14)10(17)9-11-7-12-13-9/h7H,2-6H2,1H3,(H,11,12,13). The van der Waals surface area contributed by atoms with Crippen LogP contribution in [0.25, 0.3) is 0 Å². The number of amides is 2. The molecule has 0 unspecified atom stereocenters. The largest absolute Gasteiger partial charge is 0.341 e. The summed E-state index contributed by atoms with van der Waals surface area (Å²) in [5, 5.41) is 6.21. The Morgan fingerprint density at radius 3 is 2.59 bits per heavy atom. The highest BCUT2D eigenvalue weighted by atomic mass is 16.2. The van der Waals surface area contributed by atoms with Crippen molar-refractivity contribution in [1.29, 1.82) is 0 Å². The second kappa shape index (κ2) is 4.94. The van der Waals surface area contributed by atoms with Crippen molar-refractivity contribution < 1.29 is 9.59 Å². The quantitative estimate of drug-likeness (QED) is 0.713. The van der Waals surface area contributed by atoms with Gasteiger partial charge in [0.05, 0.1) is 0 Å². The average Bonchev–Trinajstić information content (AvgIpc) is 2.71. The summed E-state index contributed by atoms with van der Waals surface area (Å²) in [5.41, 5.74) is 0. The Morgan fingerprint density at radius 2 is 1.94 bits per heavy atom. The smallest absolute Gasteiger partial charge is 0.291 e. The van der Waals surface area contributed by atoms with Crippen LogP contribution >= 0.6 is 0 Å². The van der Waals surface area contributed by atoms with E-state index in [1.54, 1.807) is 16.7 Å². The van der Waals surface area contributed by atoms with Gasteiger partial charge in [-0.1, -0.05) is 0 Å². The van der Waals surface area contributed by atoms with Crippen molar-refractivity contribution in [2.75, 3.05) is 26.2 Å². The van der Waals surface area contributed by atoms with Gasteiger partial charge in [-0.2, -0.15) is 5.10 Å². The molecule has 1 aromatic heterocycles. The summed E-state index contributed by atoms with van der Waals surface area (Å²) in [5.74, 6) is 0.146. The Hall–Kier alpha value is -1.92. The minimum atomic E-state index is -0.159. The lowest BCUT2D eigenvalue weighted by Crippen LogP contribution is -2.36. The molecule has 92 valence electrons. The topological polar surface area (TPSA) is 82.2 Å². The number of carbonyl (C=O) groups is 2. The molecule has 1 fully saturated rings. The Bertz CT molecular complexity index is 403. The van der Waals surface area contributed by atoms with Gasteiger partial charge in [0.1, 0.15) is 6.33 Å². The maximum atomic E-state index is 12.0. The molecule has 7 nitrogen and oxygen atoms in total. The average molecular weight is 237 g/mol. The van der Waals surface area contributed by atoms with Gasteiger partial charge in [-0.3, -0.25) is 14.7 Å². The zero-order chi connectivity index (χ0) is 12.3. The summed E-state index contributed by atoms with van der Waals surface area (Å²) in [6, 6.07) is 0. The van der Waals surface area contributed by atoms with Gasteiger partial charge in [-0.25, -0.2) is 4.98 Å². The van der Waals surface area contributed by atoms with Gasteiger partial charge in [0, 0.05) is 33.1 Å². The van der Waals surface area contributed by atoms with Crippen LogP contribution in [0.3, 0.4) is 0 Å². The van der Waals surface area contributed by atoms with Crippen molar-refractivity contribution in [3.8, 4) is 0 Å². The minimum absolute atomic E-state index is 0.0546. The maximum absolute atomic E-state index is 12.0. The van der Waals surface area contributed by atoms with Crippen molar-refractivity contribution in [1.82, 2.24) is 25.0 Å². The van der Waals surface area contributed by atoms with E-state index >= 15 is 0 Å². The predicted octanol–water partition coefficient (Wildman–Crippen LogP) is -0.501. The van der Waals surface area contributed by atoms with Gasteiger partial charge in [-0.15, -0.1) is 0 Å². The fourth-order valence-electron chi connectivity index (χ4n) is 1.89. The second-order valence-electron chi connectivity index (χ2n) is 3.99. The van der Waals surface area contributed by atoms with E-state index < -0.39 is 0 Å². The van der Waals surface area contributed by atoms with Gasteiger partial charge >= 0.3 is 0 Å². The van der Waals surface area contributed by atoms with Crippen molar-refractivity contribution in [2.24, 2.45) is 0 Å². The number of rotatable bonds is 1. The lowest BCUT2D eigenvalue weighted by Gasteiger charge is -2.20. The minimum Gasteiger partial charge on any atom is -0.341 e. The second-order valence-corrected chi connectivity index (χ2v) is 3.99. The lowest BCUT2D eigenvalue weighted by atomic mass is 10.3. The van der Waals surface area contributed by atoms with E-state index in [0.717, 1.165) is 6.42 Å². The highest BCUT2D eigenvalue weighted by Gasteiger charge is 2.22. The molecule has 0 radical (unpaired) electrons. The number of carbonyl (C=O) groups excluding carboxylic acids is 2. The van der Waals surface area contributed by atoms with Crippen LogP contribution in [0.15, 0.2) is 6.33 Å². The van der Waals surface area contributed by atoms with Crippen molar-refractivity contribution >= 4 is 11.8 Å². The third-order valence-corrected chi connectivity index (χ3v) is 2.85. The van der Waals surface area contributed by atoms with E-state index in [-0.39, 0.29) is 17.6 Å². The molecule has 2 rings (SSSR count).